The number of nitrogens with one attached hydrogen (secondary N) is 5. The highest BCUT2D eigenvalue weighted by Crippen LogP contribution is 2.42. The number of halogens is 4. The van der Waals surface area contributed by atoms with Crippen LogP contribution in [0.3, 0.4) is 0 Å². The number of rotatable bonds is 6. The van der Waals surface area contributed by atoms with Crippen LogP contribution in [0.1, 0.15) is 47.8 Å². The van der Waals surface area contributed by atoms with Crippen LogP contribution in [-0.2, 0) is 11.0 Å². The fraction of sp³-hybridized carbons (Fsp3) is 0.360. The number of primary amides is 1. The molecule has 0 spiro atoms. The Balaban J connectivity index is 1.75. The molecule has 0 bridgehead atoms. The number of H-pyrrole nitrogens is 1. The van der Waals surface area contributed by atoms with Crippen molar-refractivity contribution in [2.75, 3.05) is 30.3 Å². The Morgan fingerprint density at radius 1 is 1.26 bits per heavy atom. The molecule has 2 aliphatic rings. The van der Waals surface area contributed by atoms with E-state index >= 15 is 0 Å². The molecule has 38 heavy (non-hydrogen) atoms. The molecule has 0 aliphatic carbocycles. The zero-order valence-electron chi connectivity index (χ0n) is 20.7. The van der Waals surface area contributed by atoms with Crippen LogP contribution in [0.4, 0.5) is 33.7 Å². The van der Waals surface area contributed by atoms with Gasteiger partial charge in [0.25, 0.3) is 5.91 Å². The summed E-state index contributed by atoms with van der Waals surface area (Å²) in [5, 5.41) is 21.5. The predicted octanol–water partition coefficient (Wildman–Crippen LogP) is 3.53. The second-order valence-corrected chi connectivity index (χ2v) is 9.32. The number of alkyl halides is 3. The Morgan fingerprint density at radius 3 is 2.55 bits per heavy atom. The van der Waals surface area contributed by atoms with Crippen LogP contribution in [-0.4, -0.2) is 47.3 Å². The van der Waals surface area contributed by atoms with Crippen molar-refractivity contribution in [3.63, 3.8) is 0 Å². The van der Waals surface area contributed by atoms with Crippen molar-refractivity contribution >= 4 is 40.7 Å². The summed E-state index contributed by atoms with van der Waals surface area (Å²) in [5.74, 6) is -1.66. The lowest BCUT2D eigenvalue weighted by Crippen LogP contribution is -2.48. The van der Waals surface area contributed by atoms with E-state index in [-0.39, 0.29) is 51.7 Å². The minimum atomic E-state index is -4.81. The van der Waals surface area contributed by atoms with Crippen molar-refractivity contribution in [2.24, 2.45) is 5.73 Å². The molecular formula is C25H28F4N6O3. The SMILES string of the molecule is C/C=C(/NCC1(O)CCNCC1)c1c(C)[nH]c(/C=C2\C(=O)Nc3cc(NC(N)=O)c(F)cc32)c1C(F)(F)F. The van der Waals surface area contributed by atoms with Crippen molar-refractivity contribution < 1.29 is 32.3 Å². The number of nitrogens with two attached hydrogens (primary N) is 1. The van der Waals surface area contributed by atoms with E-state index in [4.69, 9.17) is 5.73 Å². The number of piperidine rings is 1. The van der Waals surface area contributed by atoms with Gasteiger partial charge < -0.3 is 37.1 Å². The fourth-order valence-electron chi connectivity index (χ4n) is 4.78. The highest BCUT2D eigenvalue weighted by Gasteiger charge is 2.40. The van der Waals surface area contributed by atoms with Gasteiger partial charge in [0.15, 0.2) is 0 Å². The molecule has 2 aromatic rings. The molecule has 0 saturated carbocycles. The van der Waals surface area contributed by atoms with Gasteiger partial charge in [0.2, 0.25) is 0 Å². The first-order valence-corrected chi connectivity index (χ1v) is 11.9. The van der Waals surface area contributed by atoms with Crippen LogP contribution in [0, 0.1) is 12.7 Å². The Morgan fingerprint density at radius 2 is 1.95 bits per heavy atom. The standard InChI is InChI=1S/C25H28F4N6O3/c1-3-16(32-11-24(38)4-6-31-7-5-24)20-12(2)33-19(21(20)25(27,28)29)9-14-13-8-15(26)18(35-23(30)37)10-17(13)34-22(14)36/h3,8-10,31-33,38H,4-7,11H2,1-2H3,(H,34,36)(H3,30,35,37)/b14-9-,16-3+. The number of hydrogen-bond donors (Lipinski definition) is 7. The zero-order chi connectivity index (χ0) is 27.8. The maximum absolute atomic E-state index is 14.5. The lowest BCUT2D eigenvalue weighted by Gasteiger charge is -2.33. The molecule has 0 radical (unpaired) electrons. The van der Waals surface area contributed by atoms with Gasteiger partial charge in [0.1, 0.15) is 5.82 Å². The maximum atomic E-state index is 14.5. The lowest BCUT2D eigenvalue weighted by molar-refractivity contribution is -0.137. The summed E-state index contributed by atoms with van der Waals surface area (Å²) in [6.45, 7) is 4.32. The number of aliphatic hydroxyl groups is 1. The van der Waals surface area contributed by atoms with Crippen LogP contribution in [0.25, 0.3) is 17.3 Å². The molecule has 3 heterocycles. The van der Waals surface area contributed by atoms with E-state index in [2.05, 4.69) is 26.3 Å². The number of amides is 3. The van der Waals surface area contributed by atoms with Gasteiger partial charge in [-0.2, -0.15) is 13.2 Å². The molecule has 8 N–H and O–H groups in total. The summed E-state index contributed by atoms with van der Waals surface area (Å²) in [7, 11) is 0. The Kier molecular flexibility index (Phi) is 7.26. The Labute approximate surface area is 215 Å². The number of hydrogen-bond acceptors (Lipinski definition) is 5. The van der Waals surface area contributed by atoms with Crippen molar-refractivity contribution in [1.29, 1.82) is 0 Å². The van der Waals surface area contributed by atoms with E-state index in [9.17, 15) is 32.3 Å². The van der Waals surface area contributed by atoms with Crippen LogP contribution in [0.2, 0.25) is 0 Å². The van der Waals surface area contributed by atoms with E-state index < -0.39 is 35.1 Å². The second kappa shape index (κ2) is 10.1. The monoisotopic (exact) mass is 536 g/mol. The zero-order valence-corrected chi connectivity index (χ0v) is 20.7. The van der Waals surface area contributed by atoms with Crippen LogP contribution in [0.15, 0.2) is 18.2 Å². The first-order chi connectivity index (χ1) is 17.8. The number of anilines is 2. The minimum Gasteiger partial charge on any atom is -0.388 e. The molecule has 4 rings (SSSR count). The number of carbonyl (C=O) groups is 2. The van der Waals surface area contributed by atoms with Gasteiger partial charge in [-0.3, -0.25) is 4.79 Å². The maximum Gasteiger partial charge on any atom is 0.419 e. The van der Waals surface area contributed by atoms with Crippen molar-refractivity contribution in [2.45, 2.75) is 38.5 Å². The largest absolute Gasteiger partial charge is 0.419 e. The summed E-state index contributed by atoms with van der Waals surface area (Å²) in [6.07, 6.45) is -1.39. The molecule has 1 fully saturated rings. The predicted molar refractivity (Wildman–Crippen MR) is 135 cm³/mol. The third-order valence-corrected chi connectivity index (χ3v) is 6.64. The summed E-state index contributed by atoms with van der Waals surface area (Å²) in [4.78, 5) is 26.5. The Hall–Kier alpha value is -3.84. The van der Waals surface area contributed by atoms with Crippen molar-refractivity contribution in [1.82, 2.24) is 15.6 Å². The van der Waals surface area contributed by atoms with Crippen LogP contribution >= 0.6 is 0 Å². The van der Waals surface area contributed by atoms with Gasteiger partial charge in [-0.1, -0.05) is 6.08 Å². The number of aromatic amines is 1. The highest BCUT2D eigenvalue weighted by molar-refractivity contribution is 6.35. The van der Waals surface area contributed by atoms with Gasteiger partial charge in [-0.05, 0) is 58.0 Å². The third-order valence-electron chi connectivity index (χ3n) is 6.64. The number of aryl methyl sites for hydroxylation is 1. The molecule has 0 atom stereocenters. The average molecular weight is 537 g/mol. The number of fused-ring (bicyclic) bond motifs is 1. The average Bonchev–Trinajstić information content (AvgIpc) is 3.31. The third kappa shape index (κ3) is 5.38. The smallest absolute Gasteiger partial charge is 0.388 e. The molecule has 0 unspecified atom stereocenters. The Bertz CT molecular complexity index is 1340. The van der Waals surface area contributed by atoms with E-state index in [0.717, 1.165) is 18.2 Å². The van der Waals surface area contributed by atoms with Crippen LogP contribution < -0.4 is 27.0 Å². The fourth-order valence-corrected chi connectivity index (χ4v) is 4.78. The number of allylic oxidation sites excluding steroid dienone is 1. The molecule has 9 nitrogen and oxygen atoms in total. The number of aromatic nitrogens is 1. The summed E-state index contributed by atoms with van der Waals surface area (Å²) in [6, 6.07) is 1.05. The normalized spacial score (nSPS) is 18.3. The number of carbonyl (C=O) groups excluding carboxylic acids is 2. The molecule has 2 aliphatic heterocycles. The van der Waals surface area contributed by atoms with Crippen LogP contribution in [0.5, 0.6) is 0 Å². The van der Waals surface area contributed by atoms with E-state index in [1.54, 1.807) is 6.92 Å². The second-order valence-electron chi connectivity index (χ2n) is 9.32. The first-order valence-electron chi connectivity index (χ1n) is 11.9. The summed E-state index contributed by atoms with van der Waals surface area (Å²) >= 11 is 0. The molecular weight excluding hydrogens is 508 g/mol. The minimum absolute atomic E-state index is 0.0296. The summed E-state index contributed by atoms with van der Waals surface area (Å²) < 4.78 is 57.8. The lowest BCUT2D eigenvalue weighted by atomic mass is 9.92. The molecule has 1 aromatic carbocycles. The summed E-state index contributed by atoms with van der Waals surface area (Å²) in [5.41, 5.74) is 2.44. The van der Waals surface area contributed by atoms with Crippen molar-refractivity contribution in [3.8, 4) is 0 Å². The quantitative estimate of drug-likeness (QED) is 0.223. The molecule has 204 valence electrons. The highest BCUT2D eigenvalue weighted by atomic mass is 19.4. The van der Waals surface area contributed by atoms with Gasteiger partial charge >= 0.3 is 12.2 Å². The van der Waals surface area contributed by atoms with E-state index in [0.29, 0.717) is 25.9 Å². The van der Waals surface area contributed by atoms with E-state index in [1.807, 2.05) is 0 Å². The van der Waals surface area contributed by atoms with Gasteiger partial charge in [-0.25, -0.2) is 9.18 Å². The number of benzene rings is 1. The first kappa shape index (κ1) is 27.2. The van der Waals surface area contributed by atoms with E-state index in [1.165, 1.54) is 13.0 Å². The van der Waals surface area contributed by atoms with Gasteiger partial charge in [0.05, 0.1) is 33.8 Å². The molecule has 3 amide bonds. The van der Waals surface area contributed by atoms with Gasteiger partial charge in [-0.15, -0.1) is 0 Å². The molecule has 1 saturated heterocycles. The van der Waals surface area contributed by atoms with Gasteiger partial charge in [0, 0.05) is 29.1 Å². The molecule has 1 aromatic heterocycles. The topological polar surface area (TPSA) is 144 Å². The molecule has 13 heteroatoms. The van der Waals surface area contributed by atoms with Crippen molar-refractivity contribution in [3.05, 3.63) is 52.1 Å². The number of urea groups is 1.